The highest BCUT2D eigenvalue weighted by molar-refractivity contribution is 6.33. The number of nitriles is 1. The molecule has 0 bridgehead atoms. The van der Waals surface area contributed by atoms with E-state index in [1.54, 1.807) is 18.2 Å². The first-order chi connectivity index (χ1) is 9.56. The quantitative estimate of drug-likeness (QED) is 0.928. The Morgan fingerprint density at radius 1 is 1.40 bits per heavy atom. The first kappa shape index (κ1) is 14.7. The zero-order valence-corrected chi connectivity index (χ0v) is 12.8. The smallest absolute Gasteiger partial charge is 0.0992 e. The minimum atomic E-state index is 0.502. The summed E-state index contributed by atoms with van der Waals surface area (Å²) in [7, 11) is 0. The largest absolute Gasteiger partial charge is 0.378 e. The lowest BCUT2D eigenvalue weighted by Gasteiger charge is -2.10. The van der Waals surface area contributed by atoms with Crippen molar-refractivity contribution in [2.24, 2.45) is 0 Å². The molecule has 1 aromatic heterocycles. The molecule has 1 heterocycles. The summed E-state index contributed by atoms with van der Waals surface area (Å²) in [6, 6.07) is 7.19. The van der Waals surface area contributed by atoms with Crippen LogP contribution in [0.2, 0.25) is 10.0 Å². The SMILES string of the molecule is CCn1nc(C)c(Cl)c1CNc1cc(C#N)ccc1Cl. The Balaban J connectivity index is 2.23. The molecule has 1 N–H and O–H groups in total. The summed E-state index contributed by atoms with van der Waals surface area (Å²) in [6.07, 6.45) is 0. The number of aryl methyl sites for hydroxylation is 2. The van der Waals surface area contributed by atoms with Crippen LogP contribution in [0.4, 0.5) is 5.69 Å². The molecule has 2 aromatic rings. The van der Waals surface area contributed by atoms with Gasteiger partial charge in [0.1, 0.15) is 0 Å². The first-order valence-corrected chi connectivity index (χ1v) is 6.97. The molecular weight excluding hydrogens is 295 g/mol. The molecule has 104 valence electrons. The number of aromatic nitrogens is 2. The molecule has 0 atom stereocenters. The maximum absolute atomic E-state index is 8.91. The van der Waals surface area contributed by atoms with Crippen molar-refractivity contribution in [2.75, 3.05) is 5.32 Å². The number of rotatable bonds is 4. The van der Waals surface area contributed by atoms with E-state index in [9.17, 15) is 0 Å². The van der Waals surface area contributed by atoms with Crippen LogP contribution in [0.25, 0.3) is 0 Å². The lowest BCUT2D eigenvalue weighted by Crippen LogP contribution is -2.08. The van der Waals surface area contributed by atoms with Gasteiger partial charge >= 0.3 is 0 Å². The highest BCUT2D eigenvalue weighted by Gasteiger charge is 2.12. The molecule has 0 aliphatic rings. The molecule has 0 amide bonds. The molecule has 0 radical (unpaired) electrons. The Hall–Kier alpha value is -1.70. The zero-order valence-electron chi connectivity index (χ0n) is 11.2. The van der Waals surface area contributed by atoms with Crippen LogP contribution in [0.3, 0.4) is 0 Å². The summed E-state index contributed by atoms with van der Waals surface area (Å²) >= 11 is 12.4. The topological polar surface area (TPSA) is 53.6 Å². The van der Waals surface area contributed by atoms with Crippen LogP contribution in [0.15, 0.2) is 18.2 Å². The van der Waals surface area contributed by atoms with E-state index in [-0.39, 0.29) is 0 Å². The Kier molecular flexibility index (Phi) is 4.53. The average Bonchev–Trinajstić information content (AvgIpc) is 2.73. The van der Waals surface area contributed by atoms with Crippen molar-refractivity contribution in [3.63, 3.8) is 0 Å². The number of anilines is 1. The highest BCUT2D eigenvalue weighted by atomic mass is 35.5. The van der Waals surface area contributed by atoms with Gasteiger partial charge in [0.2, 0.25) is 0 Å². The van der Waals surface area contributed by atoms with E-state index in [4.69, 9.17) is 28.5 Å². The molecule has 0 spiro atoms. The van der Waals surface area contributed by atoms with Crippen LogP contribution in [0.1, 0.15) is 23.9 Å². The van der Waals surface area contributed by atoms with Gasteiger partial charge in [-0.2, -0.15) is 10.4 Å². The highest BCUT2D eigenvalue weighted by Crippen LogP contribution is 2.25. The Morgan fingerprint density at radius 3 is 2.80 bits per heavy atom. The van der Waals surface area contributed by atoms with E-state index in [2.05, 4.69) is 16.5 Å². The Morgan fingerprint density at radius 2 is 2.15 bits per heavy atom. The predicted octanol–water partition coefficient (Wildman–Crippen LogP) is 4.00. The standard InChI is InChI=1S/C14H14Cl2N4/c1-3-20-13(14(16)9(2)19-20)8-18-12-6-10(7-17)4-5-11(12)15/h4-6,18H,3,8H2,1-2H3. The van der Waals surface area contributed by atoms with Gasteiger partial charge < -0.3 is 5.32 Å². The molecule has 4 nitrogen and oxygen atoms in total. The molecule has 0 aliphatic carbocycles. The van der Waals surface area contributed by atoms with E-state index < -0.39 is 0 Å². The van der Waals surface area contributed by atoms with Crippen LogP contribution in [0.5, 0.6) is 0 Å². The minimum absolute atomic E-state index is 0.502. The molecule has 0 saturated heterocycles. The molecular formula is C14H14Cl2N4. The normalized spacial score (nSPS) is 10.3. The lowest BCUT2D eigenvalue weighted by molar-refractivity contribution is 0.623. The fourth-order valence-corrected chi connectivity index (χ4v) is 2.33. The third-order valence-corrected chi connectivity index (χ3v) is 3.82. The van der Waals surface area contributed by atoms with Crippen LogP contribution in [0, 0.1) is 18.3 Å². The average molecular weight is 309 g/mol. The van der Waals surface area contributed by atoms with Gasteiger partial charge in [0.25, 0.3) is 0 Å². The number of benzene rings is 1. The monoisotopic (exact) mass is 308 g/mol. The van der Waals surface area contributed by atoms with Crippen molar-refractivity contribution in [2.45, 2.75) is 26.9 Å². The summed E-state index contributed by atoms with van der Waals surface area (Å²) < 4.78 is 1.85. The van der Waals surface area contributed by atoms with Gasteiger partial charge in [-0.25, -0.2) is 0 Å². The summed E-state index contributed by atoms with van der Waals surface area (Å²) in [6.45, 7) is 5.13. The van der Waals surface area contributed by atoms with Crippen molar-refractivity contribution in [3.05, 3.63) is 45.2 Å². The minimum Gasteiger partial charge on any atom is -0.378 e. The fraction of sp³-hybridized carbons (Fsp3) is 0.286. The molecule has 1 aromatic carbocycles. The van der Waals surface area contributed by atoms with Crippen molar-refractivity contribution in [1.29, 1.82) is 5.26 Å². The third-order valence-electron chi connectivity index (χ3n) is 2.99. The van der Waals surface area contributed by atoms with Crippen LogP contribution >= 0.6 is 23.2 Å². The van der Waals surface area contributed by atoms with E-state index in [0.717, 1.165) is 17.9 Å². The van der Waals surface area contributed by atoms with Gasteiger partial charge in [-0.3, -0.25) is 4.68 Å². The summed E-state index contributed by atoms with van der Waals surface area (Å²) in [5.74, 6) is 0. The molecule has 0 saturated carbocycles. The van der Waals surface area contributed by atoms with Gasteiger partial charge in [-0.15, -0.1) is 0 Å². The molecule has 0 aliphatic heterocycles. The molecule has 0 fully saturated rings. The van der Waals surface area contributed by atoms with Crippen LogP contribution in [-0.4, -0.2) is 9.78 Å². The van der Waals surface area contributed by atoms with E-state index in [0.29, 0.717) is 27.8 Å². The second-order valence-corrected chi connectivity index (χ2v) is 5.11. The molecule has 0 unspecified atom stereocenters. The van der Waals surface area contributed by atoms with Crippen molar-refractivity contribution >= 4 is 28.9 Å². The summed E-state index contributed by atoms with van der Waals surface area (Å²) in [5.41, 5.74) is 2.98. The third kappa shape index (κ3) is 2.90. The summed E-state index contributed by atoms with van der Waals surface area (Å²) in [5, 5.41) is 17.7. The van der Waals surface area contributed by atoms with E-state index in [1.807, 2.05) is 18.5 Å². The molecule has 20 heavy (non-hydrogen) atoms. The van der Waals surface area contributed by atoms with Crippen molar-refractivity contribution < 1.29 is 0 Å². The number of hydrogen-bond donors (Lipinski definition) is 1. The lowest BCUT2D eigenvalue weighted by atomic mass is 10.2. The number of nitrogens with one attached hydrogen (secondary N) is 1. The number of halogens is 2. The maximum atomic E-state index is 8.91. The van der Waals surface area contributed by atoms with E-state index in [1.165, 1.54) is 0 Å². The first-order valence-electron chi connectivity index (χ1n) is 6.22. The zero-order chi connectivity index (χ0) is 14.7. The van der Waals surface area contributed by atoms with E-state index >= 15 is 0 Å². The van der Waals surface area contributed by atoms with Gasteiger partial charge in [-0.1, -0.05) is 23.2 Å². The Bertz CT molecular complexity index is 671. The fourth-order valence-electron chi connectivity index (χ4n) is 1.95. The second kappa shape index (κ2) is 6.17. The van der Waals surface area contributed by atoms with Crippen LogP contribution in [-0.2, 0) is 13.1 Å². The summed E-state index contributed by atoms with van der Waals surface area (Å²) in [4.78, 5) is 0. The van der Waals surface area contributed by atoms with Gasteiger partial charge in [0.15, 0.2) is 0 Å². The molecule has 2 rings (SSSR count). The maximum Gasteiger partial charge on any atom is 0.0992 e. The number of hydrogen-bond acceptors (Lipinski definition) is 3. The number of nitrogens with zero attached hydrogens (tertiary/aromatic N) is 3. The van der Waals surface area contributed by atoms with Crippen molar-refractivity contribution in [1.82, 2.24) is 9.78 Å². The van der Waals surface area contributed by atoms with Gasteiger partial charge in [0, 0.05) is 6.54 Å². The van der Waals surface area contributed by atoms with Crippen LogP contribution < -0.4 is 5.32 Å². The van der Waals surface area contributed by atoms with Crippen molar-refractivity contribution in [3.8, 4) is 6.07 Å². The van der Waals surface area contributed by atoms with Gasteiger partial charge in [0.05, 0.1) is 45.3 Å². The Labute approximate surface area is 127 Å². The second-order valence-electron chi connectivity index (χ2n) is 4.32. The van der Waals surface area contributed by atoms with Gasteiger partial charge in [-0.05, 0) is 32.0 Å². The predicted molar refractivity (Wildman–Crippen MR) is 81.1 cm³/mol. The molecule has 6 heteroatoms.